The van der Waals surface area contributed by atoms with Gasteiger partial charge in [-0.3, -0.25) is 14.4 Å². The molecule has 1 aromatic rings. The number of esters is 1. The van der Waals surface area contributed by atoms with Crippen molar-refractivity contribution >= 4 is 17.5 Å². The van der Waals surface area contributed by atoms with Crippen molar-refractivity contribution in [3.05, 3.63) is 34.9 Å². The lowest BCUT2D eigenvalue weighted by atomic mass is 9.88. The summed E-state index contributed by atoms with van der Waals surface area (Å²) in [5.74, 6) is -0.393. The van der Waals surface area contributed by atoms with Crippen molar-refractivity contribution < 1.29 is 28.6 Å². The summed E-state index contributed by atoms with van der Waals surface area (Å²) >= 11 is 0. The van der Waals surface area contributed by atoms with E-state index in [0.29, 0.717) is 24.8 Å². The van der Waals surface area contributed by atoms with Crippen molar-refractivity contribution in [2.24, 2.45) is 0 Å². The first kappa shape index (κ1) is 22.7. The summed E-state index contributed by atoms with van der Waals surface area (Å²) in [6.45, 7) is 4.04. The van der Waals surface area contributed by atoms with Crippen LogP contribution in [0.25, 0.3) is 0 Å². The van der Waals surface area contributed by atoms with Gasteiger partial charge in [0.2, 0.25) is 0 Å². The third kappa shape index (κ3) is 5.25. The van der Waals surface area contributed by atoms with Gasteiger partial charge in [-0.15, -0.1) is 0 Å². The minimum atomic E-state index is -0.575. The summed E-state index contributed by atoms with van der Waals surface area (Å²) in [7, 11) is 2.89. The number of allylic oxidation sites excluding steroid dienone is 2. The predicted octanol–water partition coefficient (Wildman–Crippen LogP) is 4.99. The van der Waals surface area contributed by atoms with E-state index < -0.39 is 6.10 Å². The van der Waals surface area contributed by atoms with E-state index in [1.807, 2.05) is 6.92 Å². The molecule has 1 atom stereocenters. The molecule has 6 nitrogen and oxygen atoms in total. The van der Waals surface area contributed by atoms with Crippen molar-refractivity contribution in [3.8, 4) is 11.5 Å². The topological polar surface area (TPSA) is 78.9 Å². The van der Waals surface area contributed by atoms with Gasteiger partial charge in [-0.1, -0.05) is 33.1 Å². The fourth-order valence-corrected chi connectivity index (χ4v) is 3.53. The maximum Gasteiger partial charge on any atom is 0.306 e. The van der Waals surface area contributed by atoms with Gasteiger partial charge in [-0.05, 0) is 37.5 Å². The lowest BCUT2D eigenvalue weighted by Crippen LogP contribution is -2.19. The highest BCUT2D eigenvalue weighted by atomic mass is 16.5. The number of fused-ring (bicyclic) bond motifs is 1. The van der Waals surface area contributed by atoms with E-state index in [0.717, 1.165) is 25.7 Å². The highest BCUT2D eigenvalue weighted by Gasteiger charge is 2.32. The Hall–Kier alpha value is -2.63. The molecule has 0 amide bonds. The molecule has 1 unspecified atom stereocenters. The second kappa shape index (κ2) is 10.8. The molecule has 29 heavy (non-hydrogen) atoms. The van der Waals surface area contributed by atoms with Crippen LogP contribution in [0.15, 0.2) is 18.2 Å². The maximum absolute atomic E-state index is 12.6. The Labute approximate surface area is 172 Å². The lowest BCUT2D eigenvalue weighted by molar-refractivity contribution is -0.150. The molecule has 1 aliphatic rings. The molecule has 0 fully saturated rings. The highest BCUT2D eigenvalue weighted by molar-refractivity contribution is 6.24. The van der Waals surface area contributed by atoms with Gasteiger partial charge < -0.3 is 14.2 Å². The van der Waals surface area contributed by atoms with Gasteiger partial charge in [0.05, 0.1) is 25.3 Å². The molecule has 0 aliphatic heterocycles. The summed E-state index contributed by atoms with van der Waals surface area (Å²) in [6, 6.07) is 1.66. The Morgan fingerprint density at radius 1 is 0.931 bits per heavy atom. The zero-order chi connectivity index (χ0) is 21.4. The number of hydrogen-bond acceptors (Lipinski definition) is 6. The van der Waals surface area contributed by atoms with Gasteiger partial charge in [0.1, 0.15) is 17.6 Å². The quantitative estimate of drug-likeness (QED) is 0.383. The van der Waals surface area contributed by atoms with E-state index in [9.17, 15) is 14.4 Å². The average Bonchev–Trinajstić information content (AvgIpc) is 2.71. The third-order valence-electron chi connectivity index (χ3n) is 4.97. The molecular formula is C23H30O6. The summed E-state index contributed by atoms with van der Waals surface area (Å²) in [6.07, 6.45) is 7.57. The number of hydrogen-bond donors (Lipinski definition) is 0. The molecular weight excluding hydrogens is 372 g/mol. The Bertz CT molecular complexity index is 793. The second-order valence-corrected chi connectivity index (χ2v) is 7.09. The maximum atomic E-state index is 12.6. The first-order valence-electron chi connectivity index (χ1n) is 10.2. The molecule has 158 valence electrons. The zero-order valence-electron chi connectivity index (χ0n) is 17.7. The van der Waals surface area contributed by atoms with Gasteiger partial charge in [0, 0.05) is 12.0 Å². The zero-order valence-corrected chi connectivity index (χ0v) is 17.7. The number of ether oxygens (including phenoxy) is 3. The Kier molecular flexibility index (Phi) is 8.43. The minimum absolute atomic E-state index is 0.166. The summed E-state index contributed by atoms with van der Waals surface area (Å²) < 4.78 is 16.7. The van der Waals surface area contributed by atoms with Crippen molar-refractivity contribution in [2.45, 2.75) is 64.9 Å². The Balaban J connectivity index is 2.53. The first-order valence-corrected chi connectivity index (χ1v) is 10.2. The fourth-order valence-electron chi connectivity index (χ4n) is 3.53. The molecule has 0 N–H and O–H groups in total. The normalized spacial score (nSPS) is 13.8. The van der Waals surface area contributed by atoms with E-state index in [2.05, 4.69) is 6.92 Å². The van der Waals surface area contributed by atoms with Crippen molar-refractivity contribution in [2.75, 3.05) is 14.2 Å². The molecule has 6 heteroatoms. The van der Waals surface area contributed by atoms with Crippen LogP contribution in [0, 0.1) is 0 Å². The molecule has 0 spiro atoms. The molecule has 2 rings (SSSR count). The summed E-state index contributed by atoms with van der Waals surface area (Å²) in [5.41, 5.74) is 0.908. The van der Waals surface area contributed by atoms with Crippen LogP contribution in [0.1, 0.15) is 91.2 Å². The van der Waals surface area contributed by atoms with Gasteiger partial charge >= 0.3 is 5.97 Å². The number of unbranched alkanes of at least 4 members (excludes halogenated alkanes) is 3. The van der Waals surface area contributed by atoms with Crippen LogP contribution in [-0.2, 0) is 9.53 Å². The van der Waals surface area contributed by atoms with Gasteiger partial charge in [-0.25, -0.2) is 0 Å². The van der Waals surface area contributed by atoms with Crippen molar-refractivity contribution in [3.63, 3.8) is 0 Å². The van der Waals surface area contributed by atoms with Crippen LogP contribution in [0.2, 0.25) is 0 Å². The number of rotatable bonds is 11. The number of carbonyl (C=O) groups is 3. The smallest absolute Gasteiger partial charge is 0.306 e. The number of methoxy groups -OCH3 is 2. The van der Waals surface area contributed by atoms with Gasteiger partial charge in [-0.2, -0.15) is 0 Å². The van der Waals surface area contributed by atoms with Crippen molar-refractivity contribution in [1.82, 2.24) is 0 Å². The summed E-state index contributed by atoms with van der Waals surface area (Å²) in [5, 5.41) is 0. The molecule has 0 bridgehead atoms. The second-order valence-electron chi connectivity index (χ2n) is 7.09. The molecule has 1 aliphatic carbocycles. The SMILES string of the molecule is CCCCCCC(OC(=O)CCC)c1cc(OC)c2c(c1OC)C(=O)C=CC2=O. The van der Waals surface area contributed by atoms with Gasteiger partial charge in [0.25, 0.3) is 0 Å². The molecule has 0 aromatic heterocycles. The number of benzene rings is 1. The van der Waals surface area contributed by atoms with E-state index >= 15 is 0 Å². The molecule has 0 saturated heterocycles. The summed E-state index contributed by atoms with van der Waals surface area (Å²) in [4.78, 5) is 37.3. The molecule has 0 heterocycles. The molecule has 0 radical (unpaired) electrons. The Morgan fingerprint density at radius 3 is 2.21 bits per heavy atom. The van der Waals surface area contributed by atoms with Crippen molar-refractivity contribution in [1.29, 1.82) is 0 Å². The van der Waals surface area contributed by atoms with E-state index in [-0.39, 0.29) is 40.2 Å². The average molecular weight is 402 g/mol. The third-order valence-corrected chi connectivity index (χ3v) is 4.97. The van der Waals surface area contributed by atoms with Gasteiger partial charge in [0.15, 0.2) is 11.6 Å². The molecule has 0 saturated carbocycles. The van der Waals surface area contributed by atoms with Crippen LogP contribution in [0.5, 0.6) is 11.5 Å². The standard InChI is InChI=1S/C23H30O6/c1-5-7-8-9-11-18(29-20(26)10-6-2)15-14-19(27-3)21-16(24)12-13-17(25)22(21)23(15)28-4/h12-14,18H,5-11H2,1-4H3. The van der Waals surface area contributed by atoms with E-state index in [1.165, 1.54) is 26.4 Å². The van der Waals surface area contributed by atoms with Crippen LogP contribution in [0.3, 0.4) is 0 Å². The molecule has 1 aromatic carbocycles. The van der Waals surface area contributed by atoms with E-state index in [4.69, 9.17) is 14.2 Å². The highest BCUT2D eigenvalue weighted by Crippen LogP contribution is 2.42. The number of ketones is 2. The van der Waals surface area contributed by atoms with E-state index in [1.54, 1.807) is 6.07 Å². The minimum Gasteiger partial charge on any atom is -0.496 e. The fraction of sp³-hybridized carbons (Fsp3) is 0.522. The monoisotopic (exact) mass is 402 g/mol. The predicted molar refractivity (Wildman–Crippen MR) is 110 cm³/mol. The Morgan fingerprint density at radius 2 is 1.62 bits per heavy atom. The lowest BCUT2D eigenvalue weighted by Gasteiger charge is -2.25. The number of carbonyl (C=O) groups excluding carboxylic acids is 3. The van der Waals surface area contributed by atoms with Crippen LogP contribution < -0.4 is 9.47 Å². The first-order chi connectivity index (χ1) is 14.0. The van der Waals surface area contributed by atoms with Crippen LogP contribution in [0.4, 0.5) is 0 Å². The largest absolute Gasteiger partial charge is 0.496 e. The van der Waals surface area contributed by atoms with Crippen LogP contribution in [-0.4, -0.2) is 31.8 Å². The van der Waals surface area contributed by atoms with Crippen LogP contribution >= 0.6 is 0 Å².